The average molecular weight is 1000 g/mol. The van der Waals surface area contributed by atoms with Gasteiger partial charge in [0.15, 0.2) is 0 Å². The first-order valence-electron chi connectivity index (χ1n) is 18.7. The number of H-pyrrole nitrogens is 2. The van der Waals surface area contributed by atoms with Gasteiger partial charge in [-0.1, -0.05) is 48.5 Å². The Bertz CT molecular complexity index is 3620. The summed E-state index contributed by atoms with van der Waals surface area (Å²) in [5.74, 6) is 0. The molecule has 4 aromatic carbocycles. The van der Waals surface area contributed by atoms with E-state index in [0.717, 1.165) is 0 Å². The molecule has 3 aromatic heterocycles. The Morgan fingerprint density at radius 1 is 0.308 bits per heavy atom. The molecule has 0 spiro atoms. The predicted octanol–water partition coefficient (Wildman–Crippen LogP) is 8.31. The first-order chi connectivity index (χ1) is 30.2. The minimum absolute atomic E-state index is 0. The monoisotopic (exact) mass is 998 g/mol. The average Bonchev–Trinajstić information content (AvgIpc) is 4.08. The van der Waals surface area contributed by atoms with Gasteiger partial charge in [-0.05, 0) is 119 Å². The van der Waals surface area contributed by atoms with E-state index in [9.17, 15) is 51.9 Å². The second kappa shape index (κ2) is 16.6. The van der Waals surface area contributed by atoms with Crippen LogP contribution in [0.5, 0.6) is 0 Å². The van der Waals surface area contributed by atoms with Crippen LogP contribution in [0.15, 0.2) is 141 Å². The smallest absolute Gasteiger partial charge is 0.354 e. The topological polar surface area (TPSA) is 275 Å². The maximum atomic E-state index is 12.0. The normalized spacial score (nSPS) is 12.9. The minimum Gasteiger partial charge on any atom is -0.354 e. The molecule has 2 aliphatic rings. The van der Waals surface area contributed by atoms with Crippen LogP contribution < -0.4 is 0 Å². The Morgan fingerprint density at radius 2 is 0.523 bits per heavy atom. The number of hydrogen-bond acceptors (Lipinski definition) is 10. The van der Waals surface area contributed by atoms with Crippen LogP contribution in [0.25, 0.3) is 90.9 Å². The Labute approximate surface area is 383 Å². The minimum atomic E-state index is -4.55. The Balaban J connectivity index is 0.00000576. The zero-order chi connectivity index (χ0) is 45.3. The maximum absolute atomic E-state index is 12.0. The molecule has 7 aromatic rings. The molecule has 0 atom stereocenters. The number of aromatic amines is 2. The van der Waals surface area contributed by atoms with Crippen molar-refractivity contribution in [2.45, 2.75) is 19.6 Å². The molecule has 0 amide bonds. The molecule has 2 aliphatic heterocycles. The van der Waals surface area contributed by atoms with Crippen molar-refractivity contribution >= 4 is 86.8 Å². The molecule has 9 rings (SSSR count). The van der Waals surface area contributed by atoms with Gasteiger partial charge in [0.25, 0.3) is 40.5 Å². The summed E-state index contributed by atoms with van der Waals surface area (Å²) in [6, 6.07) is 29.1. The summed E-state index contributed by atoms with van der Waals surface area (Å²) in [4.78, 5) is 15.6. The summed E-state index contributed by atoms with van der Waals surface area (Å²) in [5, 5.41) is 0. The fraction of sp³-hybridized carbons (Fsp3) is 0. The Morgan fingerprint density at radius 3 is 0.785 bits per heavy atom. The summed E-state index contributed by atoms with van der Waals surface area (Å²) in [7, 11) is -18.2. The van der Waals surface area contributed by atoms with Gasteiger partial charge in [-0.25, -0.2) is 9.97 Å². The quantitative estimate of drug-likeness (QED) is 0.0617. The van der Waals surface area contributed by atoms with Crippen molar-refractivity contribution in [3.8, 4) is 44.5 Å². The second-order valence-electron chi connectivity index (χ2n) is 14.5. The van der Waals surface area contributed by atoms with Crippen molar-refractivity contribution in [3.05, 3.63) is 144 Å². The maximum Gasteiger partial charge on any atom is 2.00 e. The van der Waals surface area contributed by atoms with Gasteiger partial charge in [-0.2, -0.15) is 33.7 Å². The van der Waals surface area contributed by atoms with Crippen LogP contribution in [-0.2, 0) is 60.0 Å². The van der Waals surface area contributed by atoms with Crippen LogP contribution in [0.1, 0.15) is 22.8 Å². The molecule has 16 nitrogen and oxygen atoms in total. The number of nitrogens with zero attached hydrogens (tertiary/aromatic N) is 2. The summed E-state index contributed by atoms with van der Waals surface area (Å²) in [6.45, 7) is 0. The van der Waals surface area contributed by atoms with Crippen molar-refractivity contribution in [1.82, 2.24) is 19.9 Å². The van der Waals surface area contributed by atoms with Gasteiger partial charge in [0.1, 0.15) is 0 Å². The van der Waals surface area contributed by atoms with Gasteiger partial charge in [0, 0.05) is 44.3 Å². The van der Waals surface area contributed by atoms with Gasteiger partial charge in [0.2, 0.25) is 0 Å². The van der Waals surface area contributed by atoms with Gasteiger partial charge in [-0.3, -0.25) is 18.2 Å². The number of benzene rings is 4. The first kappa shape index (κ1) is 45.3. The number of rotatable bonds is 8. The van der Waals surface area contributed by atoms with Crippen LogP contribution in [0, 0.1) is 0 Å². The van der Waals surface area contributed by atoms with E-state index in [2.05, 4.69) is 9.97 Å². The summed E-state index contributed by atoms with van der Waals surface area (Å²) >= 11 is 0. The van der Waals surface area contributed by atoms with Crippen LogP contribution >= 0.6 is 0 Å². The van der Waals surface area contributed by atoms with Crippen molar-refractivity contribution < 1.29 is 71.4 Å². The van der Waals surface area contributed by atoms with Gasteiger partial charge in [-0.15, -0.1) is 0 Å². The zero-order valence-electron chi connectivity index (χ0n) is 33.1. The molecule has 65 heavy (non-hydrogen) atoms. The molecule has 322 valence electrons. The molecule has 0 fully saturated rings. The number of hydrogen-bond donors (Lipinski definition) is 6. The van der Waals surface area contributed by atoms with Crippen molar-refractivity contribution in [2.75, 3.05) is 0 Å². The summed E-state index contributed by atoms with van der Waals surface area (Å²) in [6.07, 6.45) is 6.88. The van der Waals surface area contributed by atoms with E-state index >= 15 is 0 Å². The standard InChI is InChI=1S/C44H30N4O12S4.Zn/c49-61(50,51)29-9-1-25(2-10-29)41-33-17-19-35(45-33)42(26-3-11-30(12-4-26)62(52,53)54)37-21-23-39(47-37)44(28-7-15-32(16-8-28)64(58,59)60)40-24-22-38(48-40)43(36-20-18-34(41)46-36)27-5-13-31(14-6-27)63(55,56)57;/h1-24,45-46H,(H,49,50,51)(H,52,53,54)(H,55,56,57)(H,58,59,60);/q;+2. The van der Waals surface area contributed by atoms with Gasteiger partial charge < -0.3 is 9.97 Å². The fourth-order valence-electron chi connectivity index (χ4n) is 7.59. The molecule has 21 heteroatoms. The summed E-state index contributed by atoms with van der Waals surface area (Å²) in [5.41, 5.74) is 7.41. The van der Waals surface area contributed by atoms with Gasteiger partial charge >= 0.3 is 19.5 Å². The van der Waals surface area contributed by atoms with E-state index in [1.807, 2.05) is 0 Å². The number of nitrogens with one attached hydrogen (secondary N) is 2. The van der Waals surface area contributed by atoms with Crippen LogP contribution in [0.4, 0.5) is 0 Å². The molecule has 0 saturated heterocycles. The molecular weight excluding hydrogens is 970 g/mol. The van der Waals surface area contributed by atoms with Crippen LogP contribution in [0.2, 0.25) is 0 Å². The van der Waals surface area contributed by atoms with Crippen molar-refractivity contribution in [2.24, 2.45) is 0 Å². The number of aromatic nitrogens is 4. The summed E-state index contributed by atoms with van der Waals surface area (Å²) < 4.78 is 135. The molecule has 0 unspecified atom stereocenters. The predicted molar refractivity (Wildman–Crippen MR) is 240 cm³/mol. The Hall–Kier alpha value is -6.26. The van der Waals surface area contributed by atoms with Crippen molar-refractivity contribution in [1.29, 1.82) is 0 Å². The van der Waals surface area contributed by atoms with E-state index in [-0.39, 0.29) is 39.1 Å². The fourth-order valence-corrected chi connectivity index (χ4v) is 9.51. The van der Waals surface area contributed by atoms with E-state index in [1.54, 1.807) is 48.6 Å². The van der Waals surface area contributed by atoms with Crippen LogP contribution in [-0.4, -0.2) is 71.8 Å². The third-order valence-corrected chi connectivity index (χ3v) is 14.0. The SMILES string of the molecule is O=S(=O)(O)c1ccc(-c2c3nc(c(-c4ccc(S(=O)(=O)O)cc4)c4ccc([nH]4)c(-c4ccc(S(=O)(=O)O)cc4)c4ccc([nH]4)c(-c4ccc(S(=O)(=O)O)cc4)c4nc2C=C4)C=C3)cc1.[Zn+2]. The molecule has 0 aliphatic carbocycles. The van der Waals surface area contributed by atoms with E-state index in [1.165, 1.54) is 97.1 Å². The third-order valence-electron chi connectivity index (χ3n) is 10.5. The molecule has 8 bridgehead atoms. The third kappa shape index (κ3) is 8.93. The first-order valence-corrected chi connectivity index (χ1v) is 24.5. The largest absolute Gasteiger partial charge is 2.00 e. The molecule has 5 heterocycles. The van der Waals surface area contributed by atoms with E-state index < -0.39 is 40.5 Å². The molecule has 0 saturated carbocycles. The van der Waals surface area contributed by atoms with Crippen LogP contribution in [0.3, 0.4) is 0 Å². The van der Waals surface area contributed by atoms with E-state index in [0.29, 0.717) is 89.4 Å². The van der Waals surface area contributed by atoms with E-state index in [4.69, 9.17) is 9.97 Å². The molecular formula is C44H30N4O12S4Zn+2. The number of fused-ring (bicyclic) bond motifs is 8. The molecule has 6 N–H and O–H groups in total. The Kier molecular flexibility index (Phi) is 11.6. The van der Waals surface area contributed by atoms with Crippen molar-refractivity contribution in [3.63, 3.8) is 0 Å². The molecule has 0 radical (unpaired) electrons. The van der Waals surface area contributed by atoms with Gasteiger partial charge in [0.05, 0.1) is 42.4 Å². The zero-order valence-corrected chi connectivity index (χ0v) is 39.4. The second-order valence-corrected chi connectivity index (χ2v) is 20.2.